The van der Waals surface area contributed by atoms with E-state index >= 15 is 0 Å². The van der Waals surface area contributed by atoms with Crippen LogP contribution in [0.25, 0.3) is 0 Å². The highest BCUT2D eigenvalue weighted by Crippen LogP contribution is 2.45. The average Bonchev–Trinajstić information content (AvgIpc) is 3.30. The van der Waals surface area contributed by atoms with Gasteiger partial charge in [0.1, 0.15) is 12.4 Å². The first-order chi connectivity index (χ1) is 9.74. The number of hydrogen-bond donors (Lipinski definition) is 0. The number of rotatable bonds is 5. The molecule has 0 atom stereocenters. The number of hydrogen-bond acceptors (Lipinski definition) is 3. The van der Waals surface area contributed by atoms with Crippen LogP contribution in [0.4, 0.5) is 5.69 Å². The Morgan fingerprint density at radius 1 is 1.15 bits per heavy atom. The van der Waals surface area contributed by atoms with Crippen LogP contribution < -0.4 is 4.74 Å². The number of nitro benzene ring substituents is 1. The molecule has 3 rings (SSSR count). The fourth-order valence-electron chi connectivity index (χ4n) is 2.25. The van der Waals surface area contributed by atoms with Crippen molar-refractivity contribution < 1.29 is 9.66 Å². The van der Waals surface area contributed by atoms with Crippen molar-refractivity contribution >= 4 is 5.69 Å². The van der Waals surface area contributed by atoms with Gasteiger partial charge in [0.05, 0.1) is 4.92 Å². The van der Waals surface area contributed by atoms with Crippen LogP contribution in [-0.4, -0.2) is 4.92 Å². The highest BCUT2D eigenvalue weighted by atomic mass is 16.6. The lowest BCUT2D eigenvalue weighted by Crippen LogP contribution is -1.98. The Labute approximate surface area is 117 Å². The maximum atomic E-state index is 11.0. The summed E-state index contributed by atoms with van der Waals surface area (Å²) in [6.07, 6.45) is 2.06. The second-order valence-electron chi connectivity index (χ2n) is 5.03. The van der Waals surface area contributed by atoms with E-state index in [4.69, 9.17) is 4.74 Å². The standard InChI is InChI=1S/C16H15NO3/c18-17(19)16-9-8-14(10-15(16)13-6-7-13)20-11-12-4-2-1-3-5-12/h1-5,8-10,13H,6-7,11H2. The van der Waals surface area contributed by atoms with Crippen LogP contribution in [0.2, 0.25) is 0 Å². The molecule has 1 aliphatic rings. The summed E-state index contributed by atoms with van der Waals surface area (Å²) in [7, 11) is 0. The third-order valence-electron chi connectivity index (χ3n) is 3.46. The molecule has 0 heterocycles. The maximum Gasteiger partial charge on any atom is 0.273 e. The Kier molecular flexibility index (Phi) is 3.37. The molecule has 1 aliphatic carbocycles. The lowest BCUT2D eigenvalue weighted by atomic mass is 10.1. The van der Waals surface area contributed by atoms with E-state index in [1.54, 1.807) is 12.1 Å². The van der Waals surface area contributed by atoms with Gasteiger partial charge >= 0.3 is 0 Å². The zero-order valence-corrected chi connectivity index (χ0v) is 11.0. The molecule has 1 saturated carbocycles. The molecule has 0 aromatic heterocycles. The second-order valence-corrected chi connectivity index (χ2v) is 5.03. The summed E-state index contributed by atoms with van der Waals surface area (Å²) >= 11 is 0. The van der Waals surface area contributed by atoms with E-state index in [0.29, 0.717) is 18.3 Å². The average molecular weight is 269 g/mol. The number of benzene rings is 2. The van der Waals surface area contributed by atoms with Crippen molar-refractivity contribution in [3.63, 3.8) is 0 Å². The minimum atomic E-state index is -0.311. The van der Waals surface area contributed by atoms with Gasteiger partial charge in [0.15, 0.2) is 0 Å². The number of nitro groups is 1. The largest absolute Gasteiger partial charge is 0.489 e. The van der Waals surface area contributed by atoms with E-state index in [-0.39, 0.29) is 10.6 Å². The van der Waals surface area contributed by atoms with Crippen LogP contribution in [0.3, 0.4) is 0 Å². The summed E-state index contributed by atoms with van der Waals surface area (Å²) in [5.41, 5.74) is 2.10. The van der Waals surface area contributed by atoms with Gasteiger partial charge in [-0.2, -0.15) is 0 Å². The quantitative estimate of drug-likeness (QED) is 0.607. The van der Waals surface area contributed by atoms with Crippen molar-refractivity contribution in [3.05, 3.63) is 69.8 Å². The normalized spacial score (nSPS) is 14.0. The van der Waals surface area contributed by atoms with Crippen molar-refractivity contribution in [3.8, 4) is 5.75 Å². The molecule has 1 fully saturated rings. The summed E-state index contributed by atoms with van der Waals surface area (Å²) < 4.78 is 5.72. The Balaban J connectivity index is 1.77. The Morgan fingerprint density at radius 3 is 2.55 bits per heavy atom. The molecule has 20 heavy (non-hydrogen) atoms. The van der Waals surface area contributed by atoms with Crippen molar-refractivity contribution in [1.82, 2.24) is 0 Å². The molecular weight excluding hydrogens is 254 g/mol. The molecule has 0 spiro atoms. The second kappa shape index (κ2) is 5.33. The molecule has 0 saturated heterocycles. The molecular formula is C16H15NO3. The third-order valence-corrected chi connectivity index (χ3v) is 3.46. The van der Waals surface area contributed by atoms with E-state index in [0.717, 1.165) is 24.0 Å². The van der Waals surface area contributed by atoms with Crippen LogP contribution >= 0.6 is 0 Å². The summed E-state index contributed by atoms with van der Waals surface area (Å²) in [6.45, 7) is 0.475. The first-order valence-corrected chi connectivity index (χ1v) is 6.69. The SMILES string of the molecule is O=[N+]([O-])c1ccc(OCc2ccccc2)cc1C1CC1. The Morgan fingerprint density at radius 2 is 1.90 bits per heavy atom. The van der Waals surface area contributed by atoms with Gasteiger partial charge in [-0.3, -0.25) is 10.1 Å². The van der Waals surface area contributed by atoms with Crippen LogP contribution in [0.1, 0.15) is 29.9 Å². The van der Waals surface area contributed by atoms with E-state index < -0.39 is 0 Å². The fraction of sp³-hybridized carbons (Fsp3) is 0.250. The van der Waals surface area contributed by atoms with Gasteiger partial charge in [-0.15, -0.1) is 0 Å². The van der Waals surface area contributed by atoms with Crippen molar-refractivity contribution in [1.29, 1.82) is 0 Å². The molecule has 0 amide bonds. The molecule has 4 heteroatoms. The predicted molar refractivity (Wildman–Crippen MR) is 75.8 cm³/mol. The molecule has 4 nitrogen and oxygen atoms in total. The molecule has 0 radical (unpaired) electrons. The monoisotopic (exact) mass is 269 g/mol. The van der Waals surface area contributed by atoms with Crippen LogP contribution in [0.5, 0.6) is 5.75 Å². The van der Waals surface area contributed by atoms with Gasteiger partial charge in [-0.05, 0) is 36.5 Å². The van der Waals surface area contributed by atoms with Crippen molar-refractivity contribution in [2.24, 2.45) is 0 Å². The topological polar surface area (TPSA) is 52.4 Å². The Hall–Kier alpha value is -2.36. The van der Waals surface area contributed by atoms with Crippen molar-refractivity contribution in [2.45, 2.75) is 25.4 Å². The van der Waals surface area contributed by atoms with Crippen molar-refractivity contribution in [2.75, 3.05) is 0 Å². The van der Waals surface area contributed by atoms with E-state index in [9.17, 15) is 10.1 Å². The fourth-order valence-corrected chi connectivity index (χ4v) is 2.25. The lowest BCUT2D eigenvalue weighted by Gasteiger charge is -2.08. The van der Waals surface area contributed by atoms with E-state index in [2.05, 4.69) is 0 Å². The van der Waals surface area contributed by atoms with Gasteiger partial charge in [0.25, 0.3) is 5.69 Å². The van der Waals surface area contributed by atoms with E-state index in [1.807, 2.05) is 36.4 Å². The van der Waals surface area contributed by atoms with Gasteiger partial charge in [-0.1, -0.05) is 30.3 Å². The van der Waals surface area contributed by atoms with Gasteiger partial charge in [-0.25, -0.2) is 0 Å². The third kappa shape index (κ3) is 2.79. The summed E-state index contributed by atoms with van der Waals surface area (Å²) in [4.78, 5) is 10.7. The van der Waals surface area contributed by atoms with Gasteiger partial charge in [0.2, 0.25) is 0 Å². The predicted octanol–water partition coefficient (Wildman–Crippen LogP) is 4.05. The minimum Gasteiger partial charge on any atom is -0.489 e. The molecule has 2 aromatic rings. The zero-order valence-electron chi connectivity index (χ0n) is 11.0. The smallest absolute Gasteiger partial charge is 0.273 e. The molecule has 0 unspecified atom stereocenters. The van der Waals surface area contributed by atoms with Gasteiger partial charge in [0, 0.05) is 11.6 Å². The molecule has 0 aliphatic heterocycles. The number of nitrogens with zero attached hydrogens (tertiary/aromatic N) is 1. The highest BCUT2D eigenvalue weighted by molar-refractivity contribution is 5.48. The summed E-state index contributed by atoms with van der Waals surface area (Å²) in [5, 5.41) is 11.0. The summed E-state index contributed by atoms with van der Waals surface area (Å²) in [5.74, 6) is 1.03. The molecule has 102 valence electrons. The zero-order chi connectivity index (χ0) is 13.9. The Bertz CT molecular complexity index is 621. The lowest BCUT2D eigenvalue weighted by molar-refractivity contribution is -0.385. The number of ether oxygens (including phenoxy) is 1. The van der Waals surface area contributed by atoms with Crippen LogP contribution in [0, 0.1) is 10.1 Å². The van der Waals surface area contributed by atoms with Crippen LogP contribution in [-0.2, 0) is 6.61 Å². The van der Waals surface area contributed by atoms with Gasteiger partial charge < -0.3 is 4.74 Å². The maximum absolute atomic E-state index is 11.0. The van der Waals surface area contributed by atoms with Crippen LogP contribution in [0.15, 0.2) is 48.5 Å². The molecule has 0 N–H and O–H groups in total. The highest BCUT2D eigenvalue weighted by Gasteiger charge is 2.30. The first-order valence-electron chi connectivity index (χ1n) is 6.69. The molecule has 2 aromatic carbocycles. The minimum absolute atomic E-state index is 0.208. The summed E-state index contributed by atoms with van der Waals surface area (Å²) in [6, 6.07) is 14.9. The van der Waals surface area contributed by atoms with E-state index in [1.165, 1.54) is 0 Å². The molecule has 0 bridgehead atoms. The first kappa shape index (κ1) is 12.7.